The maximum absolute atomic E-state index is 6.51. The van der Waals surface area contributed by atoms with E-state index in [0.29, 0.717) is 17.0 Å². The second-order valence-corrected chi connectivity index (χ2v) is 7.29. The van der Waals surface area contributed by atoms with Crippen LogP contribution in [0.1, 0.15) is 43.7 Å². The van der Waals surface area contributed by atoms with Crippen LogP contribution in [0.3, 0.4) is 0 Å². The smallest absolute Gasteiger partial charge is 0.0640 e. The van der Waals surface area contributed by atoms with Crippen molar-refractivity contribution >= 4 is 23.2 Å². The number of likely N-dealkylation sites (tertiary alicyclic amines) is 1. The molecule has 1 aromatic rings. The zero-order valence-electron chi connectivity index (χ0n) is 12.6. The lowest BCUT2D eigenvalue weighted by atomic mass is 9.89. The van der Waals surface area contributed by atoms with Crippen LogP contribution in [0.5, 0.6) is 0 Å². The van der Waals surface area contributed by atoms with Gasteiger partial charge in [-0.2, -0.15) is 0 Å². The van der Waals surface area contributed by atoms with Gasteiger partial charge in [-0.25, -0.2) is 0 Å². The van der Waals surface area contributed by atoms with Crippen LogP contribution in [-0.4, -0.2) is 31.1 Å². The highest BCUT2D eigenvalue weighted by atomic mass is 35.5. The molecule has 2 atom stereocenters. The highest BCUT2D eigenvalue weighted by Crippen LogP contribution is 2.39. The second kappa shape index (κ2) is 6.87. The van der Waals surface area contributed by atoms with Gasteiger partial charge in [0.1, 0.15) is 0 Å². The van der Waals surface area contributed by atoms with Crippen LogP contribution in [0.25, 0.3) is 0 Å². The van der Waals surface area contributed by atoms with Crippen molar-refractivity contribution in [1.82, 2.24) is 10.2 Å². The summed E-state index contributed by atoms with van der Waals surface area (Å²) in [6, 6.07) is 7.17. The van der Waals surface area contributed by atoms with Gasteiger partial charge in [0.15, 0.2) is 0 Å². The van der Waals surface area contributed by atoms with Crippen LogP contribution < -0.4 is 5.32 Å². The molecule has 1 aromatic carbocycles. The molecule has 21 heavy (non-hydrogen) atoms. The van der Waals surface area contributed by atoms with E-state index in [9.17, 15) is 0 Å². The normalized spacial score (nSPS) is 27.6. The summed E-state index contributed by atoms with van der Waals surface area (Å²) >= 11 is 12.7. The fraction of sp³-hybridized carbons (Fsp3) is 0.647. The third kappa shape index (κ3) is 3.73. The lowest BCUT2D eigenvalue weighted by Gasteiger charge is -2.34. The average Bonchev–Trinajstić information content (AvgIpc) is 3.28. The molecule has 2 unspecified atom stereocenters. The standard InChI is InChI=1S/C17H24Cl2N2/c1-21-10-3-2-5-12(11-20-13-8-9-13)17(21)14-6-4-7-15(18)16(14)19/h4,6-7,12-13,17,20H,2-3,5,8-11H2,1H3. The molecule has 4 heteroatoms. The van der Waals surface area contributed by atoms with Crippen molar-refractivity contribution in [2.75, 3.05) is 20.1 Å². The van der Waals surface area contributed by atoms with Gasteiger partial charge in [0.2, 0.25) is 0 Å². The number of rotatable bonds is 4. The summed E-state index contributed by atoms with van der Waals surface area (Å²) < 4.78 is 0. The zero-order valence-corrected chi connectivity index (χ0v) is 14.1. The number of nitrogens with zero attached hydrogens (tertiary/aromatic N) is 1. The summed E-state index contributed by atoms with van der Waals surface area (Å²) in [7, 11) is 2.22. The van der Waals surface area contributed by atoms with Crippen molar-refractivity contribution in [1.29, 1.82) is 0 Å². The van der Waals surface area contributed by atoms with E-state index in [0.717, 1.165) is 24.2 Å². The van der Waals surface area contributed by atoms with E-state index >= 15 is 0 Å². The molecule has 3 rings (SSSR count). The number of halogens is 2. The topological polar surface area (TPSA) is 15.3 Å². The molecular weight excluding hydrogens is 303 g/mol. The van der Waals surface area contributed by atoms with Gasteiger partial charge in [-0.05, 0) is 56.8 Å². The Morgan fingerprint density at radius 2 is 2.00 bits per heavy atom. The van der Waals surface area contributed by atoms with Gasteiger partial charge in [-0.3, -0.25) is 4.90 Å². The van der Waals surface area contributed by atoms with Gasteiger partial charge in [0.25, 0.3) is 0 Å². The minimum absolute atomic E-state index is 0.366. The van der Waals surface area contributed by atoms with Crippen LogP contribution in [0.4, 0.5) is 0 Å². The monoisotopic (exact) mass is 326 g/mol. The molecule has 116 valence electrons. The van der Waals surface area contributed by atoms with Crippen LogP contribution in [-0.2, 0) is 0 Å². The first-order valence-electron chi connectivity index (χ1n) is 8.04. The highest BCUT2D eigenvalue weighted by molar-refractivity contribution is 6.42. The maximum Gasteiger partial charge on any atom is 0.0640 e. The molecule has 2 fully saturated rings. The average molecular weight is 327 g/mol. The van der Waals surface area contributed by atoms with Crippen LogP contribution in [0, 0.1) is 5.92 Å². The van der Waals surface area contributed by atoms with E-state index < -0.39 is 0 Å². The van der Waals surface area contributed by atoms with Crippen LogP contribution >= 0.6 is 23.2 Å². The first-order valence-corrected chi connectivity index (χ1v) is 8.80. The minimum atomic E-state index is 0.366. The molecule has 0 bridgehead atoms. The molecular formula is C17H24Cl2N2. The largest absolute Gasteiger partial charge is 0.314 e. The Morgan fingerprint density at radius 3 is 2.76 bits per heavy atom. The fourth-order valence-electron chi connectivity index (χ4n) is 3.48. The Balaban J connectivity index is 1.85. The Labute approximate surface area is 137 Å². The Bertz CT molecular complexity index is 488. The fourth-order valence-corrected chi connectivity index (χ4v) is 3.90. The molecule has 0 spiro atoms. The van der Waals surface area contributed by atoms with Gasteiger partial charge in [-0.15, -0.1) is 0 Å². The predicted molar refractivity (Wildman–Crippen MR) is 90.2 cm³/mol. The van der Waals surface area contributed by atoms with E-state index in [4.69, 9.17) is 23.2 Å². The lowest BCUT2D eigenvalue weighted by molar-refractivity contribution is 0.189. The maximum atomic E-state index is 6.51. The van der Waals surface area contributed by atoms with Crippen LogP contribution in [0.15, 0.2) is 18.2 Å². The van der Waals surface area contributed by atoms with Gasteiger partial charge < -0.3 is 5.32 Å². The Morgan fingerprint density at radius 1 is 1.19 bits per heavy atom. The summed E-state index contributed by atoms with van der Waals surface area (Å²) in [5.74, 6) is 0.606. The molecule has 0 aromatic heterocycles. The minimum Gasteiger partial charge on any atom is -0.314 e. The zero-order chi connectivity index (χ0) is 14.8. The summed E-state index contributed by atoms with van der Waals surface area (Å²) in [4.78, 5) is 2.46. The van der Waals surface area contributed by atoms with Gasteiger partial charge in [0, 0.05) is 18.6 Å². The third-order valence-corrected chi connectivity index (χ3v) is 5.64. The van der Waals surface area contributed by atoms with Crippen molar-refractivity contribution in [2.45, 2.75) is 44.2 Å². The van der Waals surface area contributed by atoms with Crippen molar-refractivity contribution in [3.8, 4) is 0 Å². The first kappa shape index (κ1) is 15.6. The Hall–Kier alpha value is -0.280. The molecule has 1 aliphatic carbocycles. The second-order valence-electron chi connectivity index (χ2n) is 6.51. The molecule has 0 amide bonds. The van der Waals surface area contributed by atoms with Gasteiger partial charge in [-0.1, -0.05) is 41.8 Å². The molecule has 1 heterocycles. The number of benzene rings is 1. The van der Waals surface area contributed by atoms with Crippen molar-refractivity contribution in [3.05, 3.63) is 33.8 Å². The molecule has 1 aliphatic heterocycles. The SMILES string of the molecule is CN1CCCCC(CNC2CC2)C1c1cccc(Cl)c1Cl. The number of hydrogen-bond acceptors (Lipinski definition) is 2. The van der Waals surface area contributed by atoms with Crippen molar-refractivity contribution < 1.29 is 0 Å². The summed E-state index contributed by atoms with van der Waals surface area (Å²) in [5, 5.41) is 5.10. The lowest BCUT2D eigenvalue weighted by Crippen LogP contribution is -2.35. The van der Waals surface area contributed by atoms with E-state index in [1.54, 1.807) is 0 Å². The quantitative estimate of drug-likeness (QED) is 0.875. The van der Waals surface area contributed by atoms with E-state index in [-0.39, 0.29) is 0 Å². The van der Waals surface area contributed by atoms with E-state index in [1.807, 2.05) is 12.1 Å². The molecule has 1 saturated heterocycles. The summed E-state index contributed by atoms with van der Waals surface area (Å²) in [5.41, 5.74) is 1.19. The molecule has 1 N–H and O–H groups in total. The Kier molecular flexibility index (Phi) is 5.11. The first-order chi connectivity index (χ1) is 10.2. The number of hydrogen-bond donors (Lipinski definition) is 1. The summed E-state index contributed by atoms with van der Waals surface area (Å²) in [6.07, 6.45) is 6.51. The summed E-state index contributed by atoms with van der Waals surface area (Å²) in [6.45, 7) is 2.22. The third-order valence-electron chi connectivity index (χ3n) is 4.80. The van der Waals surface area contributed by atoms with Gasteiger partial charge in [0.05, 0.1) is 10.0 Å². The van der Waals surface area contributed by atoms with E-state index in [1.165, 1.54) is 37.7 Å². The molecule has 2 aliphatic rings. The van der Waals surface area contributed by atoms with Crippen LogP contribution in [0.2, 0.25) is 10.0 Å². The number of nitrogens with one attached hydrogen (secondary N) is 1. The predicted octanol–water partition coefficient (Wildman–Crippen LogP) is 4.52. The van der Waals surface area contributed by atoms with Crippen molar-refractivity contribution in [3.63, 3.8) is 0 Å². The molecule has 1 saturated carbocycles. The van der Waals surface area contributed by atoms with Gasteiger partial charge >= 0.3 is 0 Å². The van der Waals surface area contributed by atoms with E-state index in [2.05, 4.69) is 23.3 Å². The molecule has 2 nitrogen and oxygen atoms in total. The van der Waals surface area contributed by atoms with Crippen molar-refractivity contribution in [2.24, 2.45) is 5.92 Å². The highest BCUT2D eigenvalue weighted by Gasteiger charge is 2.32. The molecule has 0 radical (unpaired) electrons.